The first kappa shape index (κ1) is 13.5. The molecule has 0 aliphatic rings. The first-order valence-electron chi connectivity index (χ1n) is 4.59. The van der Waals surface area contributed by atoms with Gasteiger partial charge in [-0.05, 0) is 17.7 Å². The van der Waals surface area contributed by atoms with Crippen molar-refractivity contribution in [2.75, 3.05) is 0 Å². The van der Waals surface area contributed by atoms with Crippen LogP contribution in [0.25, 0.3) is 0 Å². The number of halogens is 3. The third-order valence-corrected chi connectivity index (χ3v) is 2.14. The highest BCUT2D eigenvalue weighted by Gasteiger charge is 2.30. The smallest absolute Gasteiger partial charge is 0.416 e. The summed E-state index contributed by atoms with van der Waals surface area (Å²) in [4.78, 5) is 14.8. The lowest BCUT2D eigenvalue weighted by atomic mass is 10.1. The quantitative estimate of drug-likeness (QED) is 0.795. The van der Waals surface area contributed by atoms with E-state index in [1.54, 1.807) is 0 Å². The lowest BCUT2D eigenvalue weighted by Gasteiger charge is -2.11. The van der Waals surface area contributed by atoms with E-state index in [9.17, 15) is 18.0 Å². The summed E-state index contributed by atoms with van der Waals surface area (Å²) >= 11 is 0. The van der Waals surface area contributed by atoms with Crippen molar-refractivity contribution in [1.82, 2.24) is 0 Å². The second kappa shape index (κ2) is 5.15. The SMILES string of the molecule is NOC(Cc1ccc(C(F)(F)F)cc1)C(=O)O. The Morgan fingerprint density at radius 2 is 1.88 bits per heavy atom. The summed E-state index contributed by atoms with van der Waals surface area (Å²) in [6, 6.07) is 4.14. The lowest BCUT2D eigenvalue weighted by Crippen LogP contribution is -2.29. The monoisotopic (exact) mass is 249 g/mol. The van der Waals surface area contributed by atoms with Gasteiger partial charge in [-0.3, -0.25) is 4.84 Å². The second-order valence-electron chi connectivity index (χ2n) is 3.36. The molecule has 17 heavy (non-hydrogen) atoms. The molecular formula is C10H10F3NO3. The molecule has 0 saturated heterocycles. The Labute approximate surface area is 94.8 Å². The summed E-state index contributed by atoms with van der Waals surface area (Å²) in [5, 5.41) is 8.63. The van der Waals surface area contributed by atoms with Gasteiger partial charge < -0.3 is 5.11 Å². The van der Waals surface area contributed by atoms with E-state index in [0.29, 0.717) is 5.56 Å². The van der Waals surface area contributed by atoms with E-state index in [2.05, 4.69) is 4.84 Å². The normalized spacial score (nSPS) is 13.4. The number of hydrogen-bond donors (Lipinski definition) is 2. The number of alkyl halides is 3. The van der Waals surface area contributed by atoms with Crippen molar-refractivity contribution in [3.63, 3.8) is 0 Å². The number of benzene rings is 1. The van der Waals surface area contributed by atoms with Gasteiger partial charge in [0.1, 0.15) is 0 Å². The molecule has 3 N–H and O–H groups in total. The highest BCUT2D eigenvalue weighted by atomic mass is 19.4. The van der Waals surface area contributed by atoms with E-state index >= 15 is 0 Å². The number of carbonyl (C=O) groups is 1. The van der Waals surface area contributed by atoms with Crippen LogP contribution in [0, 0.1) is 0 Å². The van der Waals surface area contributed by atoms with E-state index in [1.807, 2.05) is 0 Å². The van der Waals surface area contributed by atoms with Crippen LogP contribution in [0.4, 0.5) is 13.2 Å². The van der Waals surface area contributed by atoms with E-state index in [1.165, 1.54) is 12.1 Å². The third kappa shape index (κ3) is 3.72. The molecule has 1 aromatic rings. The molecule has 94 valence electrons. The van der Waals surface area contributed by atoms with Gasteiger partial charge in [0.05, 0.1) is 5.56 Å². The number of nitrogens with two attached hydrogens (primary N) is 1. The molecule has 0 aliphatic carbocycles. The lowest BCUT2D eigenvalue weighted by molar-refractivity contribution is -0.150. The van der Waals surface area contributed by atoms with Gasteiger partial charge >= 0.3 is 12.1 Å². The van der Waals surface area contributed by atoms with Crippen LogP contribution in [0.5, 0.6) is 0 Å². The second-order valence-corrected chi connectivity index (χ2v) is 3.36. The Morgan fingerprint density at radius 1 is 1.35 bits per heavy atom. The first-order chi connectivity index (χ1) is 7.84. The minimum absolute atomic E-state index is 0.0933. The van der Waals surface area contributed by atoms with Gasteiger partial charge in [0, 0.05) is 6.42 Å². The minimum Gasteiger partial charge on any atom is -0.479 e. The molecule has 0 amide bonds. The van der Waals surface area contributed by atoms with Crippen LogP contribution in [-0.4, -0.2) is 17.2 Å². The van der Waals surface area contributed by atoms with Gasteiger partial charge in [-0.2, -0.15) is 13.2 Å². The average molecular weight is 249 g/mol. The third-order valence-electron chi connectivity index (χ3n) is 2.14. The molecule has 0 radical (unpaired) electrons. The Morgan fingerprint density at radius 3 is 2.24 bits per heavy atom. The number of rotatable bonds is 4. The fourth-order valence-corrected chi connectivity index (χ4v) is 1.24. The van der Waals surface area contributed by atoms with Gasteiger partial charge in [0.15, 0.2) is 6.10 Å². The number of aliphatic carboxylic acids is 1. The molecule has 0 bridgehead atoms. The summed E-state index contributed by atoms with van der Waals surface area (Å²) in [6.45, 7) is 0. The zero-order valence-electron chi connectivity index (χ0n) is 8.57. The van der Waals surface area contributed by atoms with Crippen LogP contribution in [0.1, 0.15) is 11.1 Å². The first-order valence-corrected chi connectivity index (χ1v) is 4.59. The molecule has 0 saturated carbocycles. The van der Waals surface area contributed by atoms with E-state index < -0.39 is 23.8 Å². The van der Waals surface area contributed by atoms with Crippen LogP contribution in [0.2, 0.25) is 0 Å². The molecular weight excluding hydrogens is 239 g/mol. The van der Waals surface area contributed by atoms with Crippen molar-refractivity contribution in [2.45, 2.75) is 18.7 Å². The molecule has 0 fully saturated rings. The van der Waals surface area contributed by atoms with Gasteiger partial charge in [-0.1, -0.05) is 12.1 Å². The predicted molar refractivity (Wildman–Crippen MR) is 51.8 cm³/mol. The molecule has 7 heteroatoms. The molecule has 1 aromatic carbocycles. The van der Waals surface area contributed by atoms with Crippen LogP contribution in [0.3, 0.4) is 0 Å². The van der Waals surface area contributed by atoms with Crippen LogP contribution in [0.15, 0.2) is 24.3 Å². The van der Waals surface area contributed by atoms with Crippen molar-refractivity contribution in [2.24, 2.45) is 5.90 Å². The Bertz CT molecular complexity index is 389. The van der Waals surface area contributed by atoms with Crippen LogP contribution < -0.4 is 5.90 Å². The maximum absolute atomic E-state index is 12.2. The Kier molecular flexibility index (Phi) is 4.08. The molecule has 1 atom stereocenters. The molecule has 1 unspecified atom stereocenters. The highest BCUT2D eigenvalue weighted by Crippen LogP contribution is 2.29. The van der Waals surface area contributed by atoms with Crippen molar-refractivity contribution < 1.29 is 27.9 Å². The van der Waals surface area contributed by atoms with Gasteiger partial charge in [0.2, 0.25) is 0 Å². The highest BCUT2D eigenvalue weighted by molar-refractivity contribution is 5.72. The summed E-state index contributed by atoms with van der Waals surface area (Å²) < 4.78 is 36.7. The molecule has 0 aliphatic heterocycles. The summed E-state index contributed by atoms with van der Waals surface area (Å²) in [6.07, 6.45) is -5.77. The summed E-state index contributed by atoms with van der Waals surface area (Å²) in [5.74, 6) is 3.49. The zero-order valence-corrected chi connectivity index (χ0v) is 8.57. The summed E-state index contributed by atoms with van der Waals surface area (Å²) in [7, 11) is 0. The van der Waals surface area contributed by atoms with Crippen molar-refractivity contribution in [3.05, 3.63) is 35.4 Å². The molecule has 0 heterocycles. The average Bonchev–Trinajstić information content (AvgIpc) is 2.25. The summed E-state index contributed by atoms with van der Waals surface area (Å²) in [5.41, 5.74) is -0.391. The zero-order chi connectivity index (χ0) is 13.1. The van der Waals surface area contributed by atoms with E-state index in [0.717, 1.165) is 12.1 Å². The van der Waals surface area contributed by atoms with Gasteiger partial charge in [-0.15, -0.1) is 0 Å². The Balaban J connectivity index is 2.78. The number of carboxylic acids is 1. The largest absolute Gasteiger partial charge is 0.479 e. The fraction of sp³-hybridized carbons (Fsp3) is 0.300. The van der Waals surface area contributed by atoms with Gasteiger partial charge in [-0.25, -0.2) is 10.7 Å². The van der Waals surface area contributed by atoms with E-state index in [-0.39, 0.29) is 6.42 Å². The standard InChI is InChI=1S/C10H10F3NO3/c11-10(12,13)7-3-1-6(2-4-7)5-8(17-14)9(15)16/h1-4,8H,5,14H2,(H,15,16). The number of carboxylic acid groups (broad SMARTS) is 1. The van der Waals surface area contributed by atoms with Crippen LogP contribution >= 0.6 is 0 Å². The molecule has 1 rings (SSSR count). The molecule has 0 aromatic heterocycles. The Hall–Kier alpha value is -1.60. The maximum Gasteiger partial charge on any atom is 0.416 e. The topological polar surface area (TPSA) is 72.5 Å². The molecule has 4 nitrogen and oxygen atoms in total. The predicted octanol–water partition coefficient (Wildman–Crippen LogP) is 1.59. The number of hydrogen-bond acceptors (Lipinski definition) is 3. The molecule has 0 spiro atoms. The van der Waals surface area contributed by atoms with Gasteiger partial charge in [0.25, 0.3) is 0 Å². The van der Waals surface area contributed by atoms with E-state index in [4.69, 9.17) is 11.0 Å². The maximum atomic E-state index is 12.2. The van der Waals surface area contributed by atoms with Crippen molar-refractivity contribution in [3.8, 4) is 0 Å². The van der Waals surface area contributed by atoms with Crippen LogP contribution in [-0.2, 0) is 22.2 Å². The minimum atomic E-state index is -4.41. The van der Waals surface area contributed by atoms with Crippen molar-refractivity contribution in [1.29, 1.82) is 0 Å². The fourth-order valence-electron chi connectivity index (χ4n) is 1.24. The van der Waals surface area contributed by atoms with Crippen molar-refractivity contribution >= 4 is 5.97 Å².